The van der Waals surface area contributed by atoms with E-state index in [0.717, 1.165) is 5.56 Å². The molecule has 5 heteroatoms. The fourth-order valence-electron chi connectivity index (χ4n) is 1.74. The van der Waals surface area contributed by atoms with Gasteiger partial charge in [-0.2, -0.15) is 0 Å². The van der Waals surface area contributed by atoms with Gasteiger partial charge in [-0.25, -0.2) is 4.39 Å². The fourth-order valence-corrected chi connectivity index (χ4v) is 2.41. The van der Waals surface area contributed by atoms with Gasteiger partial charge >= 0.3 is 0 Å². The van der Waals surface area contributed by atoms with E-state index in [-0.39, 0.29) is 5.82 Å². The number of halogens is 3. The van der Waals surface area contributed by atoms with Crippen LogP contribution in [0.1, 0.15) is 5.56 Å². The summed E-state index contributed by atoms with van der Waals surface area (Å²) in [6.07, 6.45) is 0. The van der Waals surface area contributed by atoms with Crippen LogP contribution in [-0.4, -0.2) is 7.11 Å². The van der Waals surface area contributed by atoms with Crippen molar-refractivity contribution < 1.29 is 9.13 Å². The molecule has 2 rings (SSSR count). The first kappa shape index (κ1) is 14.2. The van der Waals surface area contributed by atoms with Gasteiger partial charge in [-0.15, -0.1) is 0 Å². The average Bonchev–Trinajstić information content (AvgIpc) is 2.38. The molecule has 0 atom stereocenters. The predicted molar refractivity (Wildman–Crippen MR) is 79.4 cm³/mol. The Morgan fingerprint density at radius 2 is 2.11 bits per heavy atom. The first-order valence-corrected chi connectivity index (χ1v) is 6.79. The maximum atomic E-state index is 13.7. The lowest BCUT2D eigenvalue weighted by molar-refractivity contribution is 0.410. The number of para-hydroxylation sites is 1. The minimum absolute atomic E-state index is 0.310. The third kappa shape index (κ3) is 3.39. The van der Waals surface area contributed by atoms with Crippen LogP contribution in [0, 0.1) is 5.82 Å². The summed E-state index contributed by atoms with van der Waals surface area (Å²) in [5.41, 5.74) is 1.29. The number of ether oxygens (including phenoxy) is 1. The van der Waals surface area contributed by atoms with Gasteiger partial charge in [0.2, 0.25) is 0 Å². The number of methoxy groups -OCH3 is 1. The van der Waals surface area contributed by atoms with Crippen LogP contribution in [0.15, 0.2) is 40.9 Å². The van der Waals surface area contributed by atoms with Gasteiger partial charge in [0.1, 0.15) is 11.6 Å². The molecule has 0 aliphatic heterocycles. The summed E-state index contributed by atoms with van der Waals surface area (Å²) < 4.78 is 19.6. The van der Waals surface area contributed by atoms with Crippen molar-refractivity contribution >= 4 is 33.2 Å². The van der Waals surface area contributed by atoms with Gasteiger partial charge in [0.15, 0.2) is 0 Å². The third-order valence-corrected chi connectivity index (χ3v) is 3.56. The predicted octanol–water partition coefficient (Wildman–Crippen LogP) is 4.86. The number of rotatable bonds is 4. The van der Waals surface area contributed by atoms with Crippen LogP contribution in [0.4, 0.5) is 10.1 Å². The maximum Gasteiger partial charge on any atom is 0.147 e. The van der Waals surface area contributed by atoms with E-state index in [4.69, 9.17) is 16.3 Å². The Bertz CT molecular complexity index is 571. The highest BCUT2D eigenvalue weighted by molar-refractivity contribution is 9.10. The zero-order chi connectivity index (χ0) is 13.8. The second kappa shape index (κ2) is 6.26. The minimum atomic E-state index is -0.310. The Morgan fingerprint density at radius 1 is 1.32 bits per heavy atom. The SMILES string of the molecule is COc1ccc(Cl)cc1CNc1c(F)cccc1Br. The van der Waals surface area contributed by atoms with Crippen LogP contribution in [0.5, 0.6) is 5.75 Å². The molecule has 0 saturated heterocycles. The highest BCUT2D eigenvalue weighted by Crippen LogP contribution is 2.28. The molecule has 0 spiro atoms. The standard InChI is InChI=1S/C14H12BrClFNO/c1-19-13-6-5-10(16)7-9(13)8-18-14-11(15)3-2-4-12(14)17/h2-7,18H,8H2,1H3. The van der Waals surface area contributed by atoms with Crippen LogP contribution in [0.3, 0.4) is 0 Å². The van der Waals surface area contributed by atoms with Gasteiger partial charge in [0.05, 0.1) is 12.8 Å². The summed E-state index contributed by atoms with van der Waals surface area (Å²) in [5, 5.41) is 3.65. The number of benzene rings is 2. The Hall–Kier alpha value is -1.26. The molecular formula is C14H12BrClFNO. The van der Waals surface area contributed by atoms with Gasteiger partial charge in [-0.1, -0.05) is 17.7 Å². The topological polar surface area (TPSA) is 21.3 Å². The summed E-state index contributed by atoms with van der Waals surface area (Å²) >= 11 is 9.26. The van der Waals surface area contributed by atoms with E-state index in [1.807, 2.05) is 0 Å². The summed E-state index contributed by atoms with van der Waals surface area (Å²) in [4.78, 5) is 0. The lowest BCUT2D eigenvalue weighted by Crippen LogP contribution is -2.04. The van der Waals surface area contributed by atoms with Crippen LogP contribution in [0.25, 0.3) is 0 Å². The van der Waals surface area contributed by atoms with E-state index in [1.54, 1.807) is 37.4 Å². The molecule has 0 aliphatic carbocycles. The van der Waals surface area contributed by atoms with Gasteiger partial charge in [-0.3, -0.25) is 0 Å². The zero-order valence-electron chi connectivity index (χ0n) is 10.2. The summed E-state index contributed by atoms with van der Waals surface area (Å²) in [5.74, 6) is 0.403. The molecule has 0 unspecified atom stereocenters. The molecule has 100 valence electrons. The Kier molecular flexibility index (Phi) is 4.66. The molecular weight excluding hydrogens is 333 g/mol. The van der Waals surface area contributed by atoms with Crippen molar-refractivity contribution in [1.29, 1.82) is 0 Å². The second-order valence-corrected chi connectivity index (χ2v) is 5.20. The summed E-state index contributed by atoms with van der Waals surface area (Å²) in [7, 11) is 1.59. The van der Waals surface area contributed by atoms with E-state index in [9.17, 15) is 4.39 Å². The number of nitrogens with one attached hydrogen (secondary N) is 1. The van der Waals surface area contributed by atoms with Crippen molar-refractivity contribution in [3.05, 3.63) is 57.3 Å². The van der Waals surface area contributed by atoms with Crippen LogP contribution < -0.4 is 10.1 Å². The van der Waals surface area contributed by atoms with Gasteiger partial charge < -0.3 is 10.1 Å². The molecule has 0 heterocycles. The molecule has 2 aromatic carbocycles. The molecule has 0 aromatic heterocycles. The number of hydrogen-bond acceptors (Lipinski definition) is 2. The fraction of sp³-hybridized carbons (Fsp3) is 0.143. The van der Waals surface area contributed by atoms with Crippen LogP contribution in [-0.2, 0) is 6.54 Å². The number of anilines is 1. The van der Waals surface area contributed by atoms with E-state index >= 15 is 0 Å². The average molecular weight is 345 g/mol. The number of hydrogen-bond donors (Lipinski definition) is 1. The first-order valence-electron chi connectivity index (χ1n) is 5.62. The maximum absolute atomic E-state index is 13.7. The van der Waals surface area contributed by atoms with E-state index < -0.39 is 0 Å². The van der Waals surface area contributed by atoms with Crippen molar-refractivity contribution in [3.63, 3.8) is 0 Å². The van der Waals surface area contributed by atoms with Crippen LogP contribution in [0.2, 0.25) is 5.02 Å². The molecule has 0 aliphatic rings. The summed E-state index contributed by atoms with van der Waals surface area (Å²) in [6, 6.07) is 10.2. The summed E-state index contributed by atoms with van der Waals surface area (Å²) in [6.45, 7) is 0.420. The van der Waals surface area contributed by atoms with Crippen molar-refractivity contribution in [1.82, 2.24) is 0 Å². The molecule has 0 amide bonds. The van der Waals surface area contributed by atoms with Gasteiger partial charge in [-0.05, 0) is 46.3 Å². The quantitative estimate of drug-likeness (QED) is 0.855. The highest BCUT2D eigenvalue weighted by atomic mass is 79.9. The monoisotopic (exact) mass is 343 g/mol. The Morgan fingerprint density at radius 3 is 2.79 bits per heavy atom. The molecule has 0 bridgehead atoms. The van der Waals surface area contributed by atoms with Crippen molar-refractivity contribution in [2.45, 2.75) is 6.54 Å². The third-order valence-electron chi connectivity index (χ3n) is 2.66. The lowest BCUT2D eigenvalue weighted by Gasteiger charge is -2.12. The minimum Gasteiger partial charge on any atom is -0.496 e. The second-order valence-electron chi connectivity index (χ2n) is 3.91. The zero-order valence-corrected chi connectivity index (χ0v) is 12.6. The molecule has 0 fully saturated rings. The van der Waals surface area contributed by atoms with E-state index in [0.29, 0.717) is 27.5 Å². The van der Waals surface area contributed by atoms with Gasteiger partial charge in [0, 0.05) is 21.6 Å². The molecule has 2 nitrogen and oxygen atoms in total. The molecule has 19 heavy (non-hydrogen) atoms. The molecule has 0 radical (unpaired) electrons. The highest BCUT2D eigenvalue weighted by Gasteiger charge is 2.08. The van der Waals surface area contributed by atoms with Gasteiger partial charge in [0.25, 0.3) is 0 Å². The molecule has 0 saturated carbocycles. The smallest absolute Gasteiger partial charge is 0.147 e. The normalized spacial score (nSPS) is 10.3. The van der Waals surface area contributed by atoms with Crippen LogP contribution >= 0.6 is 27.5 Å². The van der Waals surface area contributed by atoms with E-state index in [2.05, 4.69) is 21.2 Å². The molecule has 2 aromatic rings. The molecule has 1 N–H and O–H groups in total. The van der Waals surface area contributed by atoms with Crippen molar-refractivity contribution in [2.24, 2.45) is 0 Å². The van der Waals surface area contributed by atoms with E-state index in [1.165, 1.54) is 6.07 Å². The van der Waals surface area contributed by atoms with Crippen molar-refractivity contribution in [3.8, 4) is 5.75 Å². The van der Waals surface area contributed by atoms with Crippen molar-refractivity contribution in [2.75, 3.05) is 12.4 Å². The lowest BCUT2D eigenvalue weighted by atomic mass is 10.2. The first-order chi connectivity index (χ1) is 9.11. The Balaban J connectivity index is 2.21. The Labute approximate surface area is 124 Å². The largest absolute Gasteiger partial charge is 0.496 e.